The Morgan fingerprint density at radius 2 is 2.12 bits per heavy atom. The van der Waals surface area contributed by atoms with Crippen molar-refractivity contribution in [1.82, 2.24) is 0 Å². The Hall–Kier alpha value is -0.710. The third-order valence-corrected chi connectivity index (χ3v) is 3.58. The monoisotopic (exact) mass is 236 g/mol. The van der Waals surface area contributed by atoms with Crippen LogP contribution in [-0.2, 0) is 9.53 Å². The number of ether oxygens (including phenoxy) is 1. The van der Waals surface area contributed by atoms with E-state index >= 15 is 0 Å². The van der Waals surface area contributed by atoms with Crippen LogP contribution < -0.4 is 0 Å². The maximum Gasteiger partial charge on any atom is 0.312 e. The highest BCUT2D eigenvalue weighted by Crippen LogP contribution is 2.49. The van der Waals surface area contributed by atoms with Gasteiger partial charge in [0.2, 0.25) is 5.92 Å². The lowest BCUT2D eigenvalue weighted by molar-refractivity contribution is -0.172. The maximum atomic E-state index is 13.3. The minimum atomic E-state index is -2.73. The molecular weight excluding hydrogens is 218 g/mol. The van der Waals surface area contributed by atoms with Crippen LogP contribution in [0.5, 0.6) is 0 Å². The zero-order valence-electron chi connectivity index (χ0n) is 9.63. The van der Waals surface area contributed by atoms with Crippen molar-refractivity contribution in [2.45, 2.75) is 38.5 Å². The van der Waals surface area contributed by atoms with Gasteiger partial charge in [-0.25, -0.2) is 8.78 Å². The van der Waals surface area contributed by atoms with Crippen LogP contribution in [0.4, 0.5) is 8.78 Å². The van der Waals surface area contributed by atoms with E-state index in [0.717, 1.165) is 0 Å². The van der Waals surface area contributed by atoms with Gasteiger partial charge in [0.25, 0.3) is 0 Å². The second kappa shape index (κ2) is 4.65. The third kappa shape index (κ3) is 2.34. The molecule has 5 heteroatoms. The molecule has 1 rings (SSSR count). The highest BCUT2D eigenvalue weighted by molar-refractivity contribution is 5.75. The van der Waals surface area contributed by atoms with E-state index in [1.54, 1.807) is 6.92 Å². The quantitative estimate of drug-likeness (QED) is 0.816. The number of aliphatic carboxylic acids is 1. The van der Waals surface area contributed by atoms with Crippen molar-refractivity contribution in [3.05, 3.63) is 0 Å². The van der Waals surface area contributed by atoms with Crippen molar-refractivity contribution >= 4 is 5.97 Å². The molecule has 16 heavy (non-hydrogen) atoms. The Balaban J connectivity index is 2.95. The van der Waals surface area contributed by atoms with Gasteiger partial charge in [-0.05, 0) is 12.3 Å². The predicted octanol–water partition coefficient (Wildman–Crippen LogP) is 2.55. The minimum absolute atomic E-state index is 0.0108. The number of carbonyl (C=O) groups is 1. The van der Waals surface area contributed by atoms with Crippen molar-refractivity contribution in [2.75, 3.05) is 13.7 Å². The molecule has 3 nitrogen and oxygen atoms in total. The van der Waals surface area contributed by atoms with Gasteiger partial charge in [-0.1, -0.05) is 13.3 Å². The molecule has 0 heterocycles. The molecule has 0 aromatic rings. The Morgan fingerprint density at radius 3 is 2.56 bits per heavy atom. The molecule has 1 N–H and O–H groups in total. The number of hydrogen-bond acceptors (Lipinski definition) is 2. The fourth-order valence-corrected chi connectivity index (χ4v) is 2.59. The minimum Gasteiger partial charge on any atom is -0.481 e. The number of methoxy groups -OCH3 is 1. The average molecular weight is 236 g/mol. The van der Waals surface area contributed by atoms with Gasteiger partial charge in [0.15, 0.2) is 0 Å². The van der Waals surface area contributed by atoms with E-state index in [-0.39, 0.29) is 25.9 Å². The number of alkyl halides is 2. The molecule has 1 saturated carbocycles. The summed E-state index contributed by atoms with van der Waals surface area (Å²) in [6, 6.07) is 0. The molecule has 0 saturated heterocycles. The second-order valence-electron chi connectivity index (χ2n) is 4.56. The van der Waals surface area contributed by atoms with Crippen LogP contribution in [0.15, 0.2) is 0 Å². The van der Waals surface area contributed by atoms with Gasteiger partial charge in [-0.15, -0.1) is 0 Å². The highest BCUT2D eigenvalue weighted by atomic mass is 19.3. The molecule has 0 spiro atoms. The zero-order chi connectivity index (χ0) is 12.4. The summed E-state index contributed by atoms with van der Waals surface area (Å²) in [4.78, 5) is 11.3. The van der Waals surface area contributed by atoms with E-state index in [1.165, 1.54) is 7.11 Å². The van der Waals surface area contributed by atoms with Crippen LogP contribution in [0.2, 0.25) is 0 Å². The molecule has 2 atom stereocenters. The predicted molar refractivity (Wildman–Crippen MR) is 54.5 cm³/mol. The van der Waals surface area contributed by atoms with Gasteiger partial charge in [0.05, 0.1) is 12.0 Å². The lowest BCUT2D eigenvalue weighted by Crippen LogP contribution is -2.49. The smallest absolute Gasteiger partial charge is 0.312 e. The van der Waals surface area contributed by atoms with Gasteiger partial charge in [0, 0.05) is 20.0 Å². The summed E-state index contributed by atoms with van der Waals surface area (Å²) in [5.74, 6) is -4.27. The van der Waals surface area contributed by atoms with Crippen LogP contribution >= 0.6 is 0 Å². The first kappa shape index (κ1) is 13.4. The third-order valence-electron chi connectivity index (χ3n) is 3.58. The van der Waals surface area contributed by atoms with Crippen molar-refractivity contribution in [3.8, 4) is 0 Å². The molecule has 0 radical (unpaired) electrons. The van der Waals surface area contributed by atoms with E-state index in [9.17, 15) is 18.7 Å². The number of rotatable bonds is 4. The summed E-state index contributed by atoms with van der Waals surface area (Å²) < 4.78 is 31.4. The van der Waals surface area contributed by atoms with Gasteiger partial charge in [-0.2, -0.15) is 0 Å². The summed E-state index contributed by atoms with van der Waals surface area (Å²) >= 11 is 0. The Bertz CT molecular complexity index is 268. The van der Waals surface area contributed by atoms with Crippen LogP contribution in [0, 0.1) is 11.3 Å². The normalized spacial score (nSPS) is 33.6. The van der Waals surface area contributed by atoms with Gasteiger partial charge >= 0.3 is 5.97 Å². The summed E-state index contributed by atoms with van der Waals surface area (Å²) in [6.45, 7) is 1.76. The van der Waals surface area contributed by atoms with Crippen molar-refractivity contribution in [2.24, 2.45) is 11.3 Å². The summed E-state index contributed by atoms with van der Waals surface area (Å²) in [5.41, 5.74) is -1.13. The number of carboxylic acids is 1. The van der Waals surface area contributed by atoms with E-state index in [4.69, 9.17) is 4.74 Å². The van der Waals surface area contributed by atoms with E-state index in [0.29, 0.717) is 6.42 Å². The Labute approximate surface area is 93.8 Å². The molecule has 1 aliphatic carbocycles. The molecule has 94 valence electrons. The lowest BCUT2D eigenvalue weighted by atomic mass is 9.64. The number of hydrogen-bond donors (Lipinski definition) is 1. The molecule has 0 aromatic carbocycles. The van der Waals surface area contributed by atoms with E-state index in [2.05, 4.69) is 0 Å². The van der Waals surface area contributed by atoms with Crippen LogP contribution in [-0.4, -0.2) is 30.7 Å². The Morgan fingerprint density at radius 1 is 1.50 bits per heavy atom. The average Bonchev–Trinajstić information content (AvgIpc) is 2.20. The summed E-state index contributed by atoms with van der Waals surface area (Å²) in [6.07, 6.45) is -0.286. The zero-order valence-corrected chi connectivity index (χ0v) is 9.63. The first-order valence-corrected chi connectivity index (χ1v) is 5.48. The molecule has 2 unspecified atom stereocenters. The SMILES string of the molecule is CCC1CC(F)(F)CCC1(COC)C(=O)O. The molecule has 0 aliphatic heterocycles. The van der Waals surface area contributed by atoms with Gasteiger partial charge in [-0.3, -0.25) is 4.79 Å². The first-order valence-electron chi connectivity index (χ1n) is 5.48. The van der Waals surface area contributed by atoms with Gasteiger partial charge in [0.1, 0.15) is 0 Å². The Kier molecular flexibility index (Phi) is 3.88. The molecule has 0 amide bonds. The lowest BCUT2D eigenvalue weighted by Gasteiger charge is -2.42. The maximum absolute atomic E-state index is 13.3. The van der Waals surface area contributed by atoms with Crippen LogP contribution in [0.25, 0.3) is 0 Å². The van der Waals surface area contributed by atoms with Crippen molar-refractivity contribution in [3.63, 3.8) is 0 Å². The first-order chi connectivity index (χ1) is 7.38. The van der Waals surface area contributed by atoms with Crippen LogP contribution in [0.1, 0.15) is 32.6 Å². The fourth-order valence-electron chi connectivity index (χ4n) is 2.59. The topological polar surface area (TPSA) is 46.5 Å². The molecule has 1 fully saturated rings. The molecule has 1 aliphatic rings. The molecule has 0 aromatic heterocycles. The molecule has 0 bridgehead atoms. The fraction of sp³-hybridized carbons (Fsp3) is 0.909. The summed E-state index contributed by atoms with van der Waals surface area (Å²) in [5, 5.41) is 9.27. The van der Waals surface area contributed by atoms with Gasteiger partial charge < -0.3 is 9.84 Å². The highest BCUT2D eigenvalue weighted by Gasteiger charge is 2.53. The second-order valence-corrected chi connectivity index (χ2v) is 4.56. The van der Waals surface area contributed by atoms with Crippen LogP contribution in [0.3, 0.4) is 0 Å². The number of halogens is 2. The van der Waals surface area contributed by atoms with Crippen molar-refractivity contribution < 1.29 is 23.4 Å². The van der Waals surface area contributed by atoms with E-state index in [1.807, 2.05) is 0 Å². The molecular formula is C11H18F2O3. The van der Waals surface area contributed by atoms with Crippen molar-refractivity contribution in [1.29, 1.82) is 0 Å². The van der Waals surface area contributed by atoms with E-state index < -0.39 is 23.2 Å². The largest absolute Gasteiger partial charge is 0.481 e. The summed E-state index contributed by atoms with van der Waals surface area (Å²) in [7, 11) is 1.41. The number of carboxylic acid groups (broad SMARTS) is 1. The standard InChI is InChI=1S/C11H18F2O3/c1-3-8-6-11(12,13)5-4-10(8,7-16-2)9(14)15/h8H,3-7H2,1-2H3,(H,14,15).